The van der Waals surface area contributed by atoms with Crippen LogP contribution in [0.15, 0.2) is 206 Å². The number of fused-ring (bicyclic) bond motifs is 8. The summed E-state index contributed by atoms with van der Waals surface area (Å²) in [6.07, 6.45) is 9.98. The van der Waals surface area contributed by atoms with E-state index in [0.717, 1.165) is 26.2 Å². The zero-order valence-corrected chi connectivity index (χ0v) is 42.0. The highest BCUT2D eigenvalue weighted by Gasteiger charge is 2.48. The van der Waals surface area contributed by atoms with Gasteiger partial charge in [0, 0.05) is 106 Å². The molecule has 0 amide bonds. The number of rotatable bonds is 6. The van der Waals surface area contributed by atoms with Crippen LogP contribution in [0.25, 0.3) is 0 Å². The number of hydrogen-bond donors (Lipinski definition) is 0. The molecule has 2 fully saturated rings. The predicted molar refractivity (Wildman–Crippen MR) is 316 cm³/mol. The highest BCUT2D eigenvalue weighted by molar-refractivity contribution is 7.03. The lowest BCUT2D eigenvalue weighted by Gasteiger charge is -2.47. The molecular weight excluding hydrogens is 898 g/mol. The van der Waals surface area contributed by atoms with Crippen LogP contribution in [0.1, 0.15) is 51.4 Å². The molecule has 74 heavy (non-hydrogen) atoms. The normalized spacial score (nSPS) is 16.3. The molecule has 8 heteroatoms. The molecular formula is C66H58B2N6. The molecule has 0 bridgehead atoms. The van der Waals surface area contributed by atoms with Gasteiger partial charge in [0.1, 0.15) is 0 Å². The number of hydrogen-bond acceptors (Lipinski definition) is 6. The maximum Gasteiger partial charge on any atom is 0.252 e. The summed E-state index contributed by atoms with van der Waals surface area (Å²) in [7, 11) is 0. The van der Waals surface area contributed by atoms with Gasteiger partial charge in [0.25, 0.3) is 13.4 Å². The first-order chi connectivity index (χ1) is 36.8. The van der Waals surface area contributed by atoms with E-state index in [9.17, 15) is 0 Å². The van der Waals surface area contributed by atoms with Crippen molar-refractivity contribution < 1.29 is 0 Å². The summed E-state index contributed by atoms with van der Waals surface area (Å²) in [5.41, 5.74) is 25.4. The van der Waals surface area contributed by atoms with Crippen LogP contribution in [-0.4, -0.2) is 39.6 Å². The molecule has 9 aromatic rings. The third-order valence-corrected chi connectivity index (χ3v) is 17.0. The monoisotopic (exact) mass is 956 g/mol. The Hall–Kier alpha value is -8.09. The Balaban J connectivity index is 1.05. The summed E-state index contributed by atoms with van der Waals surface area (Å²) in [5.74, 6) is 0. The van der Waals surface area contributed by atoms with Gasteiger partial charge in [-0.1, -0.05) is 141 Å². The molecule has 0 radical (unpaired) electrons. The van der Waals surface area contributed by atoms with Crippen molar-refractivity contribution in [1.29, 1.82) is 0 Å². The summed E-state index contributed by atoms with van der Waals surface area (Å²) in [5, 5.41) is 0. The second-order valence-corrected chi connectivity index (χ2v) is 21.2. The number of para-hydroxylation sites is 6. The van der Waals surface area contributed by atoms with Gasteiger partial charge in [0.05, 0.1) is 0 Å². The lowest BCUT2D eigenvalue weighted by atomic mass is 9.30. The lowest BCUT2D eigenvalue weighted by molar-refractivity contribution is 0.726. The highest BCUT2D eigenvalue weighted by atomic mass is 15.2. The summed E-state index contributed by atoms with van der Waals surface area (Å²) in [6, 6.07) is 78.7. The molecule has 358 valence electrons. The van der Waals surface area contributed by atoms with Gasteiger partial charge in [-0.2, -0.15) is 0 Å². The minimum absolute atomic E-state index is 0.0225. The number of anilines is 14. The van der Waals surface area contributed by atoms with Crippen LogP contribution >= 0.6 is 0 Å². The van der Waals surface area contributed by atoms with Crippen molar-refractivity contribution in [1.82, 2.24) is 0 Å². The molecule has 6 aliphatic heterocycles. The quantitative estimate of drug-likeness (QED) is 0.154. The molecule has 0 unspecified atom stereocenters. The second-order valence-electron chi connectivity index (χ2n) is 21.2. The topological polar surface area (TPSA) is 19.4 Å². The van der Waals surface area contributed by atoms with E-state index in [1.807, 2.05) is 0 Å². The molecule has 0 atom stereocenters. The molecule has 0 aromatic heterocycles. The van der Waals surface area contributed by atoms with E-state index in [1.165, 1.54) is 164 Å². The minimum atomic E-state index is -0.0225. The van der Waals surface area contributed by atoms with Gasteiger partial charge in [-0.15, -0.1) is 0 Å². The summed E-state index contributed by atoms with van der Waals surface area (Å²) >= 11 is 0. The first-order valence-corrected chi connectivity index (χ1v) is 27.4. The van der Waals surface area contributed by atoms with E-state index in [-0.39, 0.29) is 13.4 Å². The van der Waals surface area contributed by atoms with Crippen LogP contribution in [0, 0.1) is 0 Å². The Kier molecular flexibility index (Phi) is 10.5. The van der Waals surface area contributed by atoms with Gasteiger partial charge in [-0.3, -0.25) is 0 Å². The lowest BCUT2D eigenvalue weighted by Crippen LogP contribution is -2.65. The third-order valence-electron chi connectivity index (χ3n) is 17.0. The van der Waals surface area contributed by atoms with Crippen LogP contribution in [0.4, 0.5) is 79.6 Å². The Morgan fingerprint density at radius 1 is 0.230 bits per heavy atom. The standard InChI is InChI=1S/C66H58B2N6/c1-2-22-38-69(37-21-1)51-41-61-65-63(43-51)73(49-29-13-7-14-30-49)59-46-60-56(45-55(59)67(65)53-33-17-19-35-57(53)71(61)47-25-9-5-10-26-47)68-54-34-18-20-36-58(54)72(48-27-11-6-12-28-48)62-42-52(70-39-23-3-4-24-40-70)44-64(66(62)68)74(60)50-31-15-8-16-32-50/h5-20,25-36,41-46H,1-4,21-24,37-40H2. The molecule has 6 aliphatic rings. The fourth-order valence-electron chi connectivity index (χ4n) is 13.8. The van der Waals surface area contributed by atoms with Crippen molar-refractivity contribution in [2.75, 3.05) is 55.6 Å². The number of nitrogens with zero attached hydrogens (tertiary/aromatic N) is 6. The maximum absolute atomic E-state index is 2.68. The van der Waals surface area contributed by atoms with E-state index < -0.39 is 0 Å². The van der Waals surface area contributed by atoms with E-state index >= 15 is 0 Å². The van der Waals surface area contributed by atoms with E-state index in [0.29, 0.717) is 0 Å². The Bertz CT molecular complexity index is 3340. The van der Waals surface area contributed by atoms with E-state index in [4.69, 9.17) is 0 Å². The fourth-order valence-corrected chi connectivity index (χ4v) is 13.8. The Morgan fingerprint density at radius 2 is 0.527 bits per heavy atom. The van der Waals surface area contributed by atoms with Gasteiger partial charge in [-0.25, -0.2) is 0 Å². The molecule has 0 saturated carbocycles. The molecule has 9 aromatic carbocycles. The van der Waals surface area contributed by atoms with Gasteiger partial charge < -0.3 is 29.4 Å². The van der Waals surface area contributed by atoms with Crippen molar-refractivity contribution in [2.24, 2.45) is 0 Å². The van der Waals surface area contributed by atoms with Crippen LogP contribution in [0.3, 0.4) is 0 Å². The van der Waals surface area contributed by atoms with E-state index in [1.54, 1.807) is 0 Å². The van der Waals surface area contributed by atoms with Gasteiger partial charge in [0.2, 0.25) is 0 Å². The summed E-state index contributed by atoms with van der Waals surface area (Å²) in [4.78, 5) is 15.8. The van der Waals surface area contributed by atoms with Crippen LogP contribution < -0.4 is 62.2 Å². The van der Waals surface area contributed by atoms with E-state index in [2.05, 4.69) is 236 Å². The van der Waals surface area contributed by atoms with Gasteiger partial charge in [-0.05, 0) is 149 Å². The largest absolute Gasteiger partial charge is 0.371 e. The molecule has 15 rings (SSSR count). The minimum Gasteiger partial charge on any atom is -0.371 e. The molecule has 6 nitrogen and oxygen atoms in total. The molecule has 6 heterocycles. The van der Waals surface area contributed by atoms with Crippen molar-refractivity contribution in [3.63, 3.8) is 0 Å². The van der Waals surface area contributed by atoms with Crippen molar-refractivity contribution in [2.45, 2.75) is 51.4 Å². The smallest absolute Gasteiger partial charge is 0.252 e. The SMILES string of the molecule is c1ccc(N2c3ccccc3B3c4cc5c(cc4N(c4ccccc4)c4cc(N6CCCCCC6)cc2c43)N(c2ccccc2)c2cc(N3CCCCCC3)cc3c2B5c2ccccc2N3c2ccccc2)cc1. The van der Waals surface area contributed by atoms with Crippen LogP contribution in [0.2, 0.25) is 0 Å². The Labute approximate surface area is 436 Å². The molecule has 2 saturated heterocycles. The second kappa shape index (κ2) is 17.8. The zero-order valence-electron chi connectivity index (χ0n) is 42.0. The van der Waals surface area contributed by atoms with Crippen molar-refractivity contribution in [3.05, 3.63) is 206 Å². The van der Waals surface area contributed by atoms with Crippen molar-refractivity contribution >= 4 is 126 Å². The van der Waals surface area contributed by atoms with Gasteiger partial charge >= 0.3 is 0 Å². The zero-order chi connectivity index (χ0) is 48.7. The third kappa shape index (κ3) is 6.87. The number of benzene rings is 9. The first kappa shape index (κ1) is 43.5. The van der Waals surface area contributed by atoms with Crippen LogP contribution in [0.5, 0.6) is 0 Å². The fraction of sp³-hybridized carbons (Fsp3) is 0.182. The summed E-state index contributed by atoms with van der Waals surface area (Å²) in [6.45, 7) is 4.22. The molecule has 0 spiro atoms. The van der Waals surface area contributed by atoms with Crippen molar-refractivity contribution in [3.8, 4) is 0 Å². The molecule has 0 N–H and O–H groups in total. The Morgan fingerprint density at radius 3 is 0.865 bits per heavy atom. The average molecular weight is 957 g/mol. The average Bonchev–Trinajstić information content (AvgIpc) is 3.93. The highest BCUT2D eigenvalue weighted by Crippen LogP contribution is 2.50. The maximum atomic E-state index is 2.68. The predicted octanol–water partition coefficient (Wildman–Crippen LogP) is 12.6. The molecule has 0 aliphatic carbocycles. The summed E-state index contributed by atoms with van der Waals surface area (Å²) < 4.78 is 0. The first-order valence-electron chi connectivity index (χ1n) is 27.4. The van der Waals surface area contributed by atoms with Gasteiger partial charge in [0.15, 0.2) is 0 Å². The van der Waals surface area contributed by atoms with Crippen LogP contribution in [-0.2, 0) is 0 Å².